The van der Waals surface area contributed by atoms with E-state index in [2.05, 4.69) is 60.1 Å². The van der Waals surface area contributed by atoms with Crippen molar-refractivity contribution in [1.82, 2.24) is 0 Å². The Kier molecular flexibility index (Phi) is 6.13. The molecule has 1 atom stereocenters. The zero-order valence-corrected chi connectivity index (χ0v) is 14.7. The number of aryl methyl sites for hydroxylation is 1. The van der Waals surface area contributed by atoms with E-state index in [9.17, 15) is 0 Å². The minimum Gasteiger partial charge on any atom is -0.492 e. The van der Waals surface area contributed by atoms with E-state index in [1.165, 1.54) is 11.1 Å². The van der Waals surface area contributed by atoms with Crippen molar-refractivity contribution in [3.05, 3.63) is 63.6 Å². The first-order valence-corrected chi connectivity index (χ1v) is 8.45. The van der Waals surface area contributed by atoms with Crippen LogP contribution in [0.1, 0.15) is 35.4 Å². The van der Waals surface area contributed by atoms with E-state index in [0.29, 0.717) is 0 Å². The van der Waals surface area contributed by atoms with Crippen molar-refractivity contribution < 1.29 is 4.74 Å². The molecule has 0 amide bonds. The molecule has 0 spiro atoms. The first-order valence-electron chi connectivity index (χ1n) is 7.22. The molecule has 112 valence electrons. The first-order chi connectivity index (χ1) is 10.1. The van der Waals surface area contributed by atoms with Gasteiger partial charge in [0.25, 0.3) is 0 Å². The summed E-state index contributed by atoms with van der Waals surface area (Å²) in [5.74, 6) is 0.875. The van der Waals surface area contributed by atoms with Gasteiger partial charge in [0.2, 0.25) is 0 Å². The molecule has 0 heterocycles. The molecule has 2 rings (SSSR count). The average molecular weight is 368 g/mol. The van der Waals surface area contributed by atoms with Crippen LogP contribution in [0.25, 0.3) is 0 Å². The quantitative estimate of drug-likeness (QED) is 0.563. The molecule has 1 unspecified atom stereocenters. The Morgan fingerprint density at radius 3 is 2.48 bits per heavy atom. The Labute approximate surface area is 140 Å². The van der Waals surface area contributed by atoms with Crippen LogP contribution in [0.2, 0.25) is 0 Å². The van der Waals surface area contributed by atoms with Gasteiger partial charge >= 0.3 is 0 Å². The molecule has 1 nitrogen and oxygen atoms in total. The molecule has 0 aliphatic rings. The molecule has 21 heavy (non-hydrogen) atoms. The van der Waals surface area contributed by atoms with Gasteiger partial charge in [-0.05, 0) is 59.0 Å². The number of halogens is 2. The summed E-state index contributed by atoms with van der Waals surface area (Å²) in [5, 5.41) is -0.0377. The van der Waals surface area contributed by atoms with Crippen LogP contribution >= 0.6 is 27.5 Å². The van der Waals surface area contributed by atoms with Gasteiger partial charge in [-0.2, -0.15) is 0 Å². The maximum absolute atomic E-state index is 6.55. The summed E-state index contributed by atoms with van der Waals surface area (Å²) in [5.41, 5.74) is 3.63. The van der Waals surface area contributed by atoms with Gasteiger partial charge in [-0.15, -0.1) is 11.6 Å². The lowest BCUT2D eigenvalue weighted by Crippen LogP contribution is -1.99. The fourth-order valence-electron chi connectivity index (χ4n) is 2.09. The van der Waals surface area contributed by atoms with Gasteiger partial charge in [0, 0.05) is 0 Å². The highest BCUT2D eigenvalue weighted by atomic mass is 79.9. The minimum atomic E-state index is -0.0377. The van der Waals surface area contributed by atoms with Gasteiger partial charge in [0.15, 0.2) is 0 Å². The van der Waals surface area contributed by atoms with Crippen LogP contribution < -0.4 is 4.74 Å². The third-order valence-electron chi connectivity index (χ3n) is 3.31. The molecule has 0 fully saturated rings. The van der Waals surface area contributed by atoms with Gasteiger partial charge in [0.05, 0.1) is 16.5 Å². The second kappa shape index (κ2) is 7.86. The third-order valence-corrected chi connectivity index (χ3v) is 4.34. The molecule has 0 aliphatic heterocycles. The molecular formula is C18H20BrClO. The first kappa shape index (κ1) is 16.4. The summed E-state index contributed by atoms with van der Waals surface area (Å²) >= 11 is 10.1. The summed E-state index contributed by atoms with van der Waals surface area (Å²) in [6, 6.07) is 14.6. The van der Waals surface area contributed by atoms with Crippen molar-refractivity contribution in [1.29, 1.82) is 0 Å². The monoisotopic (exact) mass is 366 g/mol. The van der Waals surface area contributed by atoms with E-state index in [4.69, 9.17) is 16.3 Å². The number of hydrogen-bond acceptors (Lipinski definition) is 1. The van der Waals surface area contributed by atoms with E-state index < -0.39 is 0 Å². The fourth-order valence-corrected chi connectivity index (χ4v) is 2.91. The Morgan fingerprint density at radius 1 is 1.14 bits per heavy atom. The molecule has 0 saturated heterocycles. The number of rotatable bonds is 6. The molecule has 0 N–H and O–H groups in total. The van der Waals surface area contributed by atoms with Gasteiger partial charge in [0.1, 0.15) is 5.75 Å². The van der Waals surface area contributed by atoms with Crippen LogP contribution in [0.5, 0.6) is 5.75 Å². The van der Waals surface area contributed by atoms with Crippen LogP contribution in [0, 0.1) is 6.92 Å². The molecule has 0 aromatic heterocycles. The number of hydrogen-bond donors (Lipinski definition) is 0. The predicted octanol–water partition coefficient (Wildman–Crippen LogP) is 6.07. The summed E-state index contributed by atoms with van der Waals surface area (Å²) in [6.07, 6.45) is 1.82. The van der Waals surface area contributed by atoms with Crippen molar-refractivity contribution in [3.8, 4) is 5.75 Å². The standard InChI is InChI=1S/C18H20BrClO/c1-3-10-21-18-9-8-15(12-16(18)19)17(20)11-14-6-4-13(2)5-7-14/h4-9,12,17H,3,10-11H2,1-2H3. The average Bonchev–Trinajstić information content (AvgIpc) is 2.48. The summed E-state index contributed by atoms with van der Waals surface area (Å²) < 4.78 is 6.62. The molecule has 3 heteroatoms. The van der Waals surface area contributed by atoms with Crippen molar-refractivity contribution in [2.45, 2.75) is 32.1 Å². The van der Waals surface area contributed by atoms with Gasteiger partial charge in [-0.1, -0.05) is 42.8 Å². The van der Waals surface area contributed by atoms with Crippen molar-refractivity contribution in [2.75, 3.05) is 6.61 Å². The third kappa shape index (κ3) is 4.76. The molecule has 2 aromatic rings. The maximum atomic E-state index is 6.55. The lowest BCUT2D eigenvalue weighted by molar-refractivity contribution is 0.315. The fraction of sp³-hybridized carbons (Fsp3) is 0.333. The highest BCUT2D eigenvalue weighted by Crippen LogP contribution is 2.32. The van der Waals surface area contributed by atoms with Gasteiger partial charge in [-0.25, -0.2) is 0 Å². The zero-order valence-electron chi connectivity index (χ0n) is 12.4. The summed E-state index contributed by atoms with van der Waals surface area (Å²) in [4.78, 5) is 0. The van der Waals surface area contributed by atoms with E-state index >= 15 is 0 Å². The molecule has 0 radical (unpaired) electrons. The SMILES string of the molecule is CCCOc1ccc(C(Cl)Cc2ccc(C)cc2)cc1Br. The number of alkyl halides is 1. The van der Waals surface area contributed by atoms with Crippen LogP contribution in [0.4, 0.5) is 0 Å². The topological polar surface area (TPSA) is 9.23 Å². The Morgan fingerprint density at radius 2 is 1.86 bits per heavy atom. The van der Waals surface area contributed by atoms with Gasteiger partial charge < -0.3 is 4.74 Å². The highest BCUT2D eigenvalue weighted by molar-refractivity contribution is 9.10. The van der Waals surface area contributed by atoms with Crippen LogP contribution in [0.3, 0.4) is 0 Å². The van der Waals surface area contributed by atoms with E-state index in [0.717, 1.165) is 35.2 Å². The molecule has 0 aliphatic carbocycles. The highest BCUT2D eigenvalue weighted by Gasteiger charge is 2.11. The van der Waals surface area contributed by atoms with Crippen LogP contribution in [-0.2, 0) is 6.42 Å². The number of ether oxygens (including phenoxy) is 1. The van der Waals surface area contributed by atoms with E-state index in [-0.39, 0.29) is 5.38 Å². The zero-order chi connectivity index (χ0) is 15.2. The van der Waals surface area contributed by atoms with Crippen LogP contribution in [0.15, 0.2) is 46.9 Å². The van der Waals surface area contributed by atoms with Gasteiger partial charge in [-0.3, -0.25) is 0 Å². The molecule has 0 bridgehead atoms. The van der Waals surface area contributed by atoms with Crippen LogP contribution in [-0.4, -0.2) is 6.61 Å². The predicted molar refractivity (Wildman–Crippen MR) is 93.4 cm³/mol. The molecular weight excluding hydrogens is 348 g/mol. The maximum Gasteiger partial charge on any atom is 0.133 e. The largest absolute Gasteiger partial charge is 0.492 e. The summed E-state index contributed by atoms with van der Waals surface area (Å²) in [6.45, 7) is 4.92. The summed E-state index contributed by atoms with van der Waals surface area (Å²) in [7, 11) is 0. The lowest BCUT2D eigenvalue weighted by atomic mass is 10.0. The molecule has 0 saturated carbocycles. The Balaban J connectivity index is 2.06. The second-order valence-corrected chi connectivity index (χ2v) is 6.58. The number of benzene rings is 2. The second-order valence-electron chi connectivity index (χ2n) is 5.20. The Bertz CT molecular complexity index is 580. The molecule has 2 aromatic carbocycles. The van der Waals surface area contributed by atoms with Crippen molar-refractivity contribution >= 4 is 27.5 Å². The van der Waals surface area contributed by atoms with Crippen molar-refractivity contribution in [2.24, 2.45) is 0 Å². The van der Waals surface area contributed by atoms with E-state index in [1.807, 2.05) is 12.1 Å². The normalized spacial score (nSPS) is 12.2. The van der Waals surface area contributed by atoms with E-state index in [1.54, 1.807) is 0 Å². The van der Waals surface area contributed by atoms with Crippen molar-refractivity contribution in [3.63, 3.8) is 0 Å². The Hall–Kier alpha value is -0.990. The lowest BCUT2D eigenvalue weighted by Gasteiger charge is -2.13. The minimum absolute atomic E-state index is 0.0377. The smallest absolute Gasteiger partial charge is 0.133 e.